The van der Waals surface area contributed by atoms with Gasteiger partial charge in [-0.3, -0.25) is 19.7 Å². The van der Waals surface area contributed by atoms with Gasteiger partial charge in [-0.15, -0.1) is 0 Å². The zero-order valence-corrected chi connectivity index (χ0v) is 20.1. The average Bonchev–Trinajstić information content (AvgIpc) is 3.32. The molecular weight excluding hydrogens is 438 g/mol. The normalized spacial score (nSPS) is 26.4. The monoisotopic (exact) mass is 467 g/mol. The highest BCUT2D eigenvalue weighted by atomic mass is 32.2. The number of carbonyl (C=O) groups is 3. The molecule has 0 aromatic heterocycles. The van der Waals surface area contributed by atoms with E-state index >= 15 is 0 Å². The maximum absolute atomic E-state index is 13.8. The van der Waals surface area contributed by atoms with E-state index in [4.69, 9.17) is 4.74 Å². The van der Waals surface area contributed by atoms with Crippen molar-refractivity contribution in [3.05, 3.63) is 60.2 Å². The molecular formula is C25H29N3O4S. The predicted octanol–water partition coefficient (Wildman–Crippen LogP) is 2.87. The molecule has 2 fully saturated rings. The second-order valence-corrected chi connectivity index (χ2v) is 9.65. The number of esters is 1. The van der Waals surface area contributed by atoms with E-state index in [0.29, 0.717) is 17.9 Å². The van der Waals surface area contributed by atoms with Crippen molar-refractivity contribution in [3.63, 3.8) is 0 Å². The Morgan fingerprint density at radius 1 is 1.09 bits per heavy atom. The van der Waals surface area contributed by atoms with E-state index in [1.807, 2.05) is 55.6 Å². The zero-order chi connectivity index (χ0) is 23.8. The quantitative estimate of drug-likeness (QED) is 0.496. The third-order valence-electron chi connectivity index (χ3n) is 6.69. The first-order valence-corrected chi connectivity index (χ1v) is 12.3. The lowest BCUT2D eigenvalue weighted by Crippen LogP contribution is -2.56. The van der Waals surface area contributed by atoms with Crippen LogP contribution in [-0.2, 0) is 19.1 Å². The van der Waals surface area contributed by atoms with E-state index in [1.165, 1.54) is 12.0 Å². The number of benzene rings is 2. The van der Waals surface area contributed by atoms with Crippen molar-refractivity contribution in [2.24, 2.45) is 11.8 Å². The molecule has 4 atom stereocenters. The SMILES string of the molecule is COC(=O)[C@@]1(CCSC)N[C@@H](c2ccc(N(C)C)cc2)[C@H]2C(=O)N(c3ccccc3)C(=O)[C@H]21. The Bertz CT molecular complexity index is 1040. The maximum atomic E-state index is 13.8. The van der Waals surface area contributed by atoms with Gasteiger partial charge < -0.3 is 9.64 Å². The highest BCUT2D eigenvalue weighted by molar-refractivity contribution is 7.98. The van der Waals surface area contributed by atoms with Crippen molar-refractivity contribution in [1.82, 2.24) is 5.32 Å². The van der Waals surface area contributed by atoms with Crippen molar-refractivity contribution in [1.29, 1.82) is 0 Å². The van der Waals surface area contributed by atoms with Crippen molar-refractivity contribution in [2.75, 3.05) is 43.0 Å². The Balaban J connectivity index is 1.83. The number of fused-ring (bicyclic) bond motifs is 1. The molecule has 1 N–H and O–H groups in total. The zero-order valence-electron chi connectivity index (χ0n) is 19.3. The molecule has 2 heterocycles. The number of rotatable bonds is 7. The first kappa shape index (κ1) is 23.3. The number of hydrogen-bond acceptors (Lipinski definition) is 7. The van der Waals surface area contributed by atoms with Crippen LogP contribution in [0.1, 0.15) is 18.0 Å². The van der Waals surface area contributed by atoms with Crippen molar-refractivity contribution in [2.45, 2.75) is 18.0 Å². The fourth-order valence-corrected chi connectivity index (χ4v) is 5.59. The van der Waals surface area contributed by atoms with Gasteiger partial charge in [0.05, 0.1) is 24.6 Å². The minimum atomic E-state index is -1.27. The van der Waals surface area contributed by atoms with Crippen LogP contribution in [0, 0.1) is 11.8 Å². The molecule has 0 bridgehead atoms. The number of ether oxygens (including phenoxy) is 1. The minimum Gasteiger partial charge on any atom is -0.468 e. The van der Waals surface area contributed by atoms with Crippen LogP contribution >= 0.6 is 11.8 Å². The summed E-state index contributed by atoms with van der Waals surface area (Å²) in [5.74, 6) is -2.06. The van der Waals surface area contributed by atoms with Crippen LogP contribution in [0.5, 0.6) is 0 Å². The number of hydrogen-bond donors (Lipinski definition) is 1. The fourth-order valence-electron chi connectivity index (χ4n) is 5.07. The first-order chi connectivity index (χ1) is 15.9. The largest absolute Gasteiger partial charge is 0.468 e. The van der Waals surface area contributed by atoms with Gasteiger partial charge in [0.25, 0.3) is 0 Å². The van der Waals surface area contributed by atoms with Crippen LogP contribution in [0.4, 0.5) is 11.4 Å². The van der Waals surface area contributed by atoms with Gasteiger partial charge in [-0.25, -0.2) is 4.90 Å². The van der Waals surface area contributed by atoms with Gasteiger partial charge in [-0.1, -0.05) is 30.3 Å². The Morgan fingerprint density at radius 3 is 2.33 bits per heavy atom. The van der Waals surface area contributed by atoms with Gasteiger partial charge >= 0.3 is 5.97 Å². The second-order valence-electron chi connectivity index (χ2n) is 8.66. The Labute approximate surface area is 198 Å². The van der Waals surface area contributed by atoms with Crippen LogP contribution < -0.4 is 15.1 Å². The number of anilines is 2. The minimum absolute atomic E-state index is 0.291. The lowest BCUT2D eigenvalue weighted by molar-refractivity contribution is -0.152. The van der Waals surface area contributed by atoms with Crippen LogP contribution in [0.15, 0.2) is 54.6 Å². The summed E-state index contributed by atoms with van der Waals surface area (Å²) < 4.78 is 5.20. The number of methoxy groups -OCH3 is 1. The van der Waals surface area contributed by atoms with Crippen molar-refractivity contribution < 1.29 is 19.1 Å². The molecule has 7 nitrogen and oxygen atoms in total. The third kappa shape index (κ3) is 3.81. The summed E-state index contributed by atoms with van der Waals surface area (Å²) in [4.78, 5) is 43.9. The van der Waals surface area contributed by atoms with E-state index in [1.54, 1.807) is 36.0 Å². The number of amides is 2. The molecule has 0 spiro atoms. The summed E-state index contributed by atoms with van der Waals surface area (Å²) in [7, 11) is 5.25. The smallest absolute Gasteiger partial charge is 0.326 e. The predicted molar refractivity (Wildman–Crippen MR) is 130 cm³/mol. The van der Waals surface area contributed by atoms with Crippen LogP contribution in [0.2, 0.25) is 0 Å². The third-order valence-corrected chi connectivity index (χ3v) is 7.30. The molecule has 2 aliphatic heterocycles. The highest BCUT2D eigenvalue weighted by Gasteiger charge is 2.68. The Kier molecular flexibility index (Phi) is 6.50. The molecule has 2 saturated heterocycles. The number of thioether (sulfide) groups is 1. The molecule has 0 unspecified atom stereocenters. The molecule has 0 saturated carbocycles. The molecule has 2 aromatic carbocycles. The number of imide groups is 1. The summed E-state index contributed by atoms with van der Waals surface area (Å²) in [5, 5.41) is 3.42. The number of nitrogens with zero attached hydrogens (tertiary/aromatic N) is 2. The van der Waals surface area contributed by atoms with Crippen molar-refractivity contribution in [3.8, 4) is 0 Å². The van der Waals surface area contributed by atoms with Gasteiger partial charge in [0.1, 0.15) is 5.54 Å². The second kappa shape index (κ2) is 9.19. The van der Waals surface area contributed by atoms with Crippen LogP contribution in [-0.4, -0.2) is 56.5 Å². The summed E-state index contributed by atoms with van der Waals surface area (Å²) >= 11 is 1.59. The molecule has 8 heteroatoms. The highest BCUT2D eigenvalue weighted by Crippen LogP contribution is 2.51. The van der Waals surface area contributed by atoms with Gasteiger partial charge in [0, 0.05) is 25.8 Å². The average molecular weight is 468 g/mol. The van der Waals surface area contributed by atoms with Crippen molar-refractivity contribution >= 4 is 40.9 Å². The molecule has 4 rings (SSSR count). The van der Waals surface area contributed by atoms with E-state index in [0.717, 1.165) is 11.3 Å². The van der Waals surface area contributed by atoms with Gasteiger partial charge in [-0.2, -0.15) is 11.8 Å². The summed E-state index contributed by atoms with van der Waals surface area (Å²) in [6.45, 7) is 0. The Hall–Kier alpha value is -2.84. The molecule has 2 amide bonds. The molecule has 0 radical (unpaired) electrons. The molecule has 2 aliphatic rings. The van der Waals surface area contributed by atoms with Gasteiger partial charge in [0.15, 0.2) is 0 Å². The van der Waals surface area contributed by atoms with E-state index in [9.17, 15) is 14.4 Å². The molecule has 33 heavy (non-hydrogen) atoms. The van der Waals surface area contributed by atoms with E-state index < -0.39 is 29.4 Å². The number of carbonyl (C=O) groups excluding carboxylic acids is 3. The Morgan fingerprint density at radius 2 is 1.76 bits per heavy atom. The standard InChI is InChI=1S/C25H29N3O4S/c1-27(2)17-12-10-16(11-13-17)21-19-20(25(26-21,14-15-33-4)24(31)32-3)23(30)28(22(19)29)18-8-6-5-7-9-18/h5-13,19-21,26H,14-15H2,1-4H3/t19-,20-,21-,25-/m0/s1. The summed E-state index contributed by atoms with van der Waals surface area (Å²) in [5.41, 5.74) is 1.13. The number of nitrogens with one attached hydrogen (secondary N) is 1. The lowest BCUT2D eigenvalue weighted by atomic mass is 9.78. The molecule has 174 valence electrons. The maximum Gasteiger partial charge on any atom is 0.326 e. The molecule has 2 aromatic rings. The van der Waals surface area contributed by atoms with Crippen LogP contribution in [0.25, 0.3) is 0 Å². The summed E-state index contributed by atoms with van der Waals surface area (Å²) in [6, 6.07) is 16.3. The molecule has 0 aliphatic carbocycles. The van der Waals surface area contributed by atoms with Crippen LogP contribution in [0.3, 0.4) is 0 Å². The van der Waals surface area contributed by atoms with Gasteiger partial charge in [-0.05, 0) is 48.3 Å². The first-order valence-electron chi connectivity index (χ1n) is 10.9. The fraction of sp³-hybridized carbons (Fsp3) is 0.400. The number of para-hydroxylation sites is 1. The van der Waals surface area contributed by atoms with Gasteiger partial charge in [0.2, 0.25) is 11.8 Å². The lowest BCUT2D eigenvalue weighted by Gasteiger charge is -2.32. The van der Waals surface area contributed by atoms with E-state index in [2.05, 4.69) is 5.32 Å². The topological polar surface area (TPSA) is 79.0 Å². The van der Waals surface area contributed by atoms with E-state index in [-0.39, 0.29) is 11.8 Å². The summed E-state index contributed by atoms with van der Waals surface area (Å²) in [6.07, 6.45) is 2.34.